The van der Waals surface area contributed by atoms with Crippen LogP contribution in [0.15, 0.2) is 24.3 Å². The van der Waals surface area contributed by atoms with Crippen molar-refractivity contribution in [2.45, 2.75) is 15.2 Å². The Bertz CT molecular complexity index is 322. The molecular weight excluding hydrogens is 300 g/mol. The van der Waals surface area contributed by atoms with Crippen molar-refractivity contribution in [1.29, 1.82) is 0 Å². The zero-order valence-corrected chi connectivity index (χ0v) is 10.6. The second-order valence-electron chi connectivity index (χ2n) is 2.74. The van der Waals surface area contributed by atoms with Crippen molar-refractivity contribution in [2.24, 2.45) is 0 Å². The molecule has 0 aromatic heterocycles. The van der Waals surface area contributed by atoms with Gasteiger partial charge in [0.25, 0.3) is 0 Å². The molecule has 0 saturated heterocycles. The molecule has 1 aromatic rings. The Morgan fingerprint density at radius 1 is 1.15 bits per heavy atom. The Labute approximate surface area is 90.4 Å². The molecule has 0 radical (unpaired) electrons. The zero-order chi connectivity index (χ0) is 9.68. The quantitative estimate of drug-likeness (QED) is 0.666. The van der Waals surface area contributed by atoms with E-state index in [0.717, 1.165) is 5.56 Å². The molecule has 72 valence electrons. The molecule has 0 spiro atoms. The van der Waals surface area contributed by atoms with E-state index in [9.17, 15) is 8.42 Å². The third-order valence-electron chi connectivity index (χ3n) is 1.65. The Hall–Kier alpha value is -0.0404. The molecule has 0 aliphatic rings. The van der Waals surface area contributed by atoms with E-state index in [1.54, 1.807) is 0 Å². The summed E-state index contributed by atoms with van der Waals surface area (Å²) in [6, 6.07) is 7.87. The molecule has 1 aromatic carbocycles. The second-order valence-corrected chi connectivity index (χ2v) is 6.19. The van der Waals surface area contributed by atoms with Crippen molar-refractivity contribution in [3.63, 3.8) is 0 Å². The van der Waals surface area contributed by atoms with Crippen LogP contribution in [0.5, 0.6) is 0 Å². The normalized spacial score (nSPS) is 10.6. The number of benzene rings is 1. The van der Waals surface area contributed by atoms with E-state index in [2.05, 4.69) is 4.97 Å². The van der Waals surface area contributed by atoms with E-state index >= 15 is 0 Å². The van der Waals surface area contributed by atoms with Gasteiger partial charge < -0.3 is 0 Å². The standard InChI is InChI=1S/C9H12O2STe/c1-13-7-9-4-2-8(3-5-9)6-12(10)11/h2-5,12H,6-7H2,1H3. The fraction of sp³-hybridized carbons (Fsp3) is 0.333. The molecule has 0 aliphatic heterocycles. The third-order valence-corrected chi connectivity index (χ3v) is 4.04. The number of rotatable bonds is 4. The fourth-order valence-electron chi connectivity index (χ4n) is 1.06. The summed E-state index contributed by atoms with van der Waals surface area (Å²) < 4.78 is 22.0. The van der Waals surface area contributed by atoms with Gasteiger partial charge in [0.05, 0.1) is 0 Å². The molecular formula is C9H12O2STe. The summed E-state index contributed by atoms with van der Waals surface area (Å²) >= 11 is 0.130. The van der Waals surface area contributed by atoms with Gasteiger partial charge in [0.15, 0.2) is 0 Å². The van der Waals surface area contributed by atoms with Crippen LogP contribution in [0.25, 0.3) is 0 Å². The Balaban J connectivity index is 2.69. The third kappa shape index (κ3) is 4.12. The molecule has 0 heterocycles. The predicted octanol–water partition coefficient (Wildman–Crippen LogP) is 1.05. The van der Waals surface area contributed by atoms with E-state index in [1.807, 2.05) is 24.3 Å². The molecule has 0 N–H and O–H groups in total. The van der Waals surface area contributed by atoms with Crippen molar-refractivity contribution >= 4 is 31.6 Å². The molecule has 2 nitrogen and oxygen atoms in total. The molecule has 0 saturated carbocycles. The Morgan fingerprint density at radius 2 is 1.69 bits per heavy atom. The van der Waals surface area contributed by atoms with Crippen molar-refractivity contribution < 1.29 is 8.42 Å². The summed E-state index contributed by atoms with van der Waals surface area (Å²) in [4.78, 5) is 2.26. The molecule has 0 amide bonds. The van der Waals surface area contributed by atoms with E-state index in [-0.39, 0.29) is 26.7 Å². The average molecular weight is 312 g/mol. The molecule has 4 heteroatoms. The first-order valence-corrected chi connectivity index (χ1v) is 9.25. The van der Waals surface area contributed by atoms with Crippen LogP contribution in [0.4, 0.5) is 0 Å². The topological polar surface area (TPSA) is 34.1 Å². The van der Waals surface area contributed by atoms with Crippen molar-refractivity contribution in [3.05, 3.63) is 35.4 Å². The van der Waals surface area contributed by atoms with Crippen LogP contribution in [-0.4, -0.2) is 29.3 Å². The van der Waals surface area contributed by atoms with Gasteiger partial charge in [0.1, 0.15) is 0 Å². The van der Waals surface area contributed by atoms with E-state index in [1.165, 1.54) is 10.0 Å². The van der Waals surface area contributed by atoms with Gasteiger partial charge in [-0.25, -0.2) is 0 Å². The first-order chi connectivity index (χ1) is 6.22. The Morgan fingerprint density at radius 3 is 2.15 bits per heavy atom. The van der Waals surface area contributed by atoms with Crippen LogP contribution in [-0.2, 0) is 20.9 Å². The average Bonchev–Trinajstić information content (AvgIpc) is 2.08. The summed E-state index contributed by atoms with van der Waals surface area (Å²) in [5.74, 6) is 0.165. The molecule has 0 atom stereocenters. The van der Waals surface area contributed by atoms with Crippen LogP contribution in [0.3, 0.4) is 0 Å². The van der Waals surface area contributed by atoms with Crippen LogP contribution >= 0.6 is 0 Å². The van der Waals surface area contributed by atoms with Crippen molar-refractivity contribution in [1.82, 2.24) is 0 Å². The monoisotopic (exact) mass is 314 g/mol. The zero-order valence-electron chi connectivity index (χ0n) is 7.40. The van der Waals surface area contributed by atoms with E-state index in [0.29, 0.717) is 0 Å². The number of thiol groups is 1. The SMILES string of the molecule is C[Te]Cc1ccc(C[SH](=O)=O)cc1. The van der Waals surface area contributed by atoms with Gasteiger partial charge in [0.2, 0.25) is 0 Å². The minimum atomic E-state index is -2.29. The first-order valence-electron chi connectivity index (χ1n) is 3.91. The molecule has 0 aliphatic carbocycles. The molecule has 1 rings (SSSR count). The van der Waals surface area contributed by atoms with Crippen LogP contribution in [0, 0.1) is 0 Å². The van der Waals surface area contributed by atoms with Gasteiger partial charge in [-0.05, 0) is 0 Å². The number of hydrogen-bond donors (Lipinski definition) is 1. The van der Waals surface area contributed by atoms with E-state index in [4.69, 9.17) is 0 Å². The van der Waals surface area contributed by atoms with Crippen molar-refractivity contribution in [2.75, 3.05) is 0 Å². The van der Waals surface area contributed by atoms with Gasteiger partial charge in [-0.15, -0.1) is 0 Å². The van der Waals surface area contributed by atoms with Gasteiger partial charge >= 0.3 is 90.6 Å². The van der Waals surface area contributed by atoms with Crippen LogP contribution < -0.4 is 0 Å². The maximum absolute atomic E-state index is 10.4. The maximum atomic E-state index is 10.4. The van der Waals surface area contributed by atoms with Gasteiger partial charge in [-0.2, -0.15) is 0 Å². The van der Waals surface area contributed by atoms with Gasteiger partial charge in [0, 0.05) is 0 Å². The van der Waals surface area contributed by atoms with E-state index < -0.39 is 10.7 Å². The molecule has 0 unspecified atom stereocenters. The number of hydrogen-bond acceptors (Lipinski definition) is 2. The summed E-state index contributed by atoms with van der Waals surface area (Å²) in [6.07, 6.45) is 0. The van der Waals surface area contributed by atoms with Crippen LogP contribution in [0.2, 0.25) is 4.97 Å². The first kappa shape index (κ1) is 11.0. The second kappa shape index (κ2) is 5.64. The predicted molar refractivity (Wildman–Crippen MR) is 55.8 cm³/mol. The summed E-state index contributed by atoms with van der Waals surface area (Å²) in [5.41, 5.74) is 2.21. The fourth-order valence-corrected chi connectivity index (χ4v) is 3.07. The van der Waals surface area contributed by atoms with Crippen LogP contribution in [0.1, 0.15) is 11.1 Å². The summed E-state index contributed by atoms with van der Waals surface area (Å²) in [5, 5.41) is 0. The summed E-state index contributed by atoms with van der Waals surface area (Å²) in [6.45, 7) is 0. The summed E-state index contributed by atoms with van der Waals surface area (Å²) in [7, 11) is -2.29. The van der Waals surface area contributed by atoms with Crippen molar-refractivity contribution in [3.8, 4) is 0 Å². The minimum absolute atomic E-state index is 0.130. The van der Waals surface area contributed by atoms with Gasteiger partial charge in [-0.1, -0.05) is 0 Å². The molecule has 13 heavy (non-hydrogen) atoms. The molecule has 0 fully saturated rings. The van der Waals surface area contributed by atoms with Gasteiger partial charge in [-0.3, -0.25) is 0 Å². The molecule has 0 bridgehead atoms. The Kier molecular flexibility index (Phi) is 4.79.